The molecule has 1 aromatic heterocycles. The minimum atomic E-state index is -0.0580. The minimum absolute atomic E-state index is 0.0580. The first-order valence-electron chi connectivity index (χ1n) is 5.90. The molecule has 104 valence electrons. The number of halogens is 1. The number of aromatic nitrogens is 1. The Morgan fingerprint density at radius 2 is 2.00 bits per heavy atom. The molecule has 0 aliphatic carbocycles. The largest absolute Gasteiger partial charge is 0.438 e. The van der Waals surface area contributed by atoms with E-state index in [9.17, 15) is 0 Å². The van der Waals surface area contributed by atoms with Crippen LogP contribution in [-0.2, 0) is 0 Å². The zero-order valence-corrected chi connectivity index (χ0v) is 11.8. The number of ether oxygens (including phenoxy) is 1. The van der Waals surface area contributed by atoms with E-state index in [1.165, 1.54) is 0 Å². The molecule has 0 saturated heterocycles. The van der Waals surface area contributed by atoms with Crippen LogP contribution in [0.2, 0.25) is 5.02 Å². The van der Waals surface area contributed by atoms with Gasteiger partial charge in [0.15, 0.2) is 5.84 Å². The van der Waals surface area contributed by atoms with Crippen molar-refractivity contribution in [3.8, 4) is 11.6 Å². The van der Waals surface area contributed by atoms with E-state index in [0.29, 0.717) is 16.3 Å². The molecule has 0 atom stereocenters. The van der Waals surface area contributed by atoms with Gasteiger partial charge in [-0.3, -0.25) is 0 Å². The number of rotatable bonds is 3. The van der Waals surface area contributed by atoms with Crippen LogP contribution >= 0.6 is 11.6 Å². The number of hydrogen-bond acceptors (Lipinski definition) is 4. The van der Waals surface area contributed by atoms with Gasteiger partial charge in [-0.15, -0.1) is 0 Å². The van der Waals surface area contributed by atoms with E-state index >= 15 is 0 Å². The SMILES string of the molecule is Cc1cc(Cl)cc(C)c1Oc1ncccc1/C(N)=N/O. The van der Waals surface area contributed by atoms with Crippen molar-refractivity contribution in [2.45, 2.75) is 13.8 Å². The molecule has 5 nitrogen and oxygen atoms in total. The lowest BCUT2D eigenvalue weighted by atomic mass is 10.1. The van der Waals surface area contributed by atoms with E-state index in [4.69, 9.17) is 27.3 Å². The minimum Gasteiger partial charge on any atom is -0.438 e. The highest BCUT2D eigenvalue weighted by Gasteiger charge is 2.13. The van der Waals surface area contributed by atoms with E-state index in [2.05, 4.69) is 10.1 Å². The van der Waals surface area contributed by atoms with Gasteiger partial charge in [-0.2, -0.15) is 0 Å². The van der Waals surface area contributed by atoms with Crippen molar-refractivity contribution in [2.75, 3.05) is 0 Å². The predicted molar refractivity (Wildman–Crippen MR) is 77.7 cm³/mol. The fraction of sp³-hybridized carbons (Fsp3) is 0.143. The van der Waals surface area contributed by atoms with Gasteiger partial charge in [0, 0.05) is 11.2 Å². The quantitative estimate of drug-likeness (QED) is 0.394. The number of benzene rings is 1. The van der Waals surface area contributed by atoms with Gasteiger partial charge >= 0.3 is 0 Å². The first-order chi connectivity index (χ1) is 9.52. The summed E-state index contributed by atoms with van der Waals surface area (Å²) in [5, 5.41) is 12.4. The molecule has 0 aliphatic heterocycles. The number of aryl methyl sites for hydroxylation is 2. The van der Waals surface area contributed by atoms with Crippen molar-refractivity contribution in [3.05, 3.63) is 52.2 Å². The number of nitrogens with zero attached hydrogens (tertiary/aromatic N) is 2. The lowest BCUT2D eigenvalue weighted by Crippen LogP contribution is -2.14. The van der Waals surface area contributed by atoms with E-state index in [0.717, 1.165) is 11.1 Å². The van der Waals surface area contributed by atoms with E-state index < -0.39 is 0 Å². The summed E-state index contributed by atoms with van der Waals surface area (Å²) in [5.74, 6) is 0.869. The van der Waals surface area contributed by atoms with Gasteiger partial charge in [0.05, 0.1) is 5.56 Å². The fourth-order valence-electron chi connectivity index (χ4n) is 1.88. The Labute approximate surface area is 121 Å². The first-order valence-corrected chi connectivity index (χ1v) is 6.28. The molecule has 0 fully saturated rings. The zero-order chi connectivity index (χ0) is 14.7. The average Bonchev–Trinajstić information content (AvgIpc) is 2.42. The van der Waals surface area contributed by atoms with Gasteiger partial charge in [0.1, 0.15) is 5.75 Å². The summed E-state index contributed by atoms with van der Waals surface area (Å²) < 4.78 is 5.81. The first kappa shape index (κ1) is 14.1. The van der Waals surface area contributed by atoms with Crippen LogP contribution in [0.5, 0.6) is 11.6 Å². The van der Waals surface area contributed by atoms with Crippen molar-refractivity contribution in [1.82, 2.24) is 4.98 Å². The summed E-state index contributed by atoms with van der Waals surface area (Å²) in [6.45, 7) is 3.78. The number of hydrogen-bond donors (Lipinski definition) is 2. The lowest BCUT2D eigenvalue weighted by Gasteiger charge is -2.13. The van der Waals surface area contributed by atoms with Crippen LogP contribution in [0.15, 0.2) is 35.6 Å². The van der Waals surface area contributed by atoms with Crippen molar-refractivity contribution >= 4 is 17.4 Å². The molecule has 0 saturated carbocycles. The highest BCUT2D eigenvalue weighted by Crippen LogP contribution is 2.31. The average molecular weight is 292 g/mol. The Hall–Kier alpha value is -2.27. The van der Waals surface area contributed by atoms with Crippen LogP contribution in [0.4, 0.5) is 0 Å². The van der Waals surface area contributed by atoms with Gasteiger partial charge < -0.3 is 15.7 Å². The molecule has 0 spiro atoms. The second-order valence-electron chi connectivity index (χ2n) is 4.31. The number of amidine groups is 1. The Balaban J connectivity index is 2.46. The van der Waals surface area contributed by atoms with Gasteiger partial charge in [0.2, 0.25) is 5.88 Å². The summed E-state index contributed by atoms with van der Waals surface area (Å²) in [4.78, 5) is 4.12. The van der Waals surface area contributed by atoms with Crippen LogP contribution in [0.25, 0.3) is 0 Å². The third kappa shape index (κ3) is 2.83. The summed E-state index contributed by atoms with van der Waals surface area (Å²) in [6.07, 6.45) is 1.57. The van der Waals surface area contributed by atoms with E-state index in [1.807, 2.05) is 13.8 Å². The van der Waals surface area contributed by atoms with Crippen LogP contribution in [0.3, 0.4) is 0 Å². The highest BCUT2D eigenvalue weighted by atomic mass is 35.5. The van der Waals surface area contributed by atoms with Crippen LogP contribution in [0, 0.1) is 13.8 Å². The molecule has 2 rings (SSSR count). The molecular weight excluding hydrogens is 278 g/mol. The zero-order valence-electron chi connectivity index (χ0n) is 11.1. The molecule has 0 radical (unpaired) electrons. The van der Waals surface area contributed by atoms with E-state index in [-0.39, 0.29) is 11.7 Å². The predicted octanol–water partition coefficient (Wildman–Crippen LogP) is 3.24. The Morgan fingerprint density at radius 3 is 2.60 bits per heavy atom. The fourth-order valence-corrected chi connectivity index (χ4v) is 2.20. The van der Waals surface area contributed by atoms with Crippen molar-refractivity contribution in [3.63, 3.8) is 0 Å². The van der Waals surface area contributed by atoms with Crippen molar-refractivity contribution in [1.29, 1.82) is 0 Å². The van der Waals surface area contributed by atoms with Gasteiger partial charge in [0.25, 0.3) is 0 Å². The highest BCUT2D eigenvalue weighted by molar-refractivity contribution is 6.30. The monoisotopic (exact) mass is 291 g/mol. The van der Waals surface area contributed by atoms with Crippen LogP contribution in [-0.4, -0.2) is 16.0 Å². The van der Waals surface area contributed by atoms with Crippen molar-refractivity contribution < 1.29 is 9.94 Å². The Bertz CT molecular complexity index is 648. The molecule has 0 amide bonds. The maximum Gasteiger partial charge on any atom is 0.230 e. The molecular formula is C14H14ClN3O2. The van der Waals surface area contributed by atoms with Crippen LogP contribution in [0.1, 0.15) is 16.7 Å². The topological polar surface area (TPSA) is 80.7 Å². The summed E-state index contributed by atoms with van der Waals surface area (Å²) in [7, 11) is 0. The lowest BCUT2D eigenvalue weighted by molar-refractivity contribution is 0.318. The molecule has 3 N–H and O–H groups in total. The summed E-state index contributed by atoms with van der Waals surface area (Å²) in [5.41, 5.74) is 7.79. The third-order valence-electron chi connectivity index (χ3n) is 2.78. The van der Waals surface area contributed by atoms with Gasteiger partial charge in [-0.05, 0) is 49.2 Å². The van der Waals surface area contributed by atoms with Gasteiger partial charge in [-0.25, -0.2) is 4.98 Å². The molecule has 1 heterocycles. The maximum absolute atomic E-state index is 8.79. The second-order valence-corrected chi connectivity index (χ2v) is 4.75. The maximum atomic E-state index is 8.79. The molecule has 2 aromatic rings. The number of pyridine rings is 1. The Kier molecular flexibility index (Phi) is 4.10. The summed E-state index contributed by atoms with van der Waals surface area (Å²) >= 11 is 5.99. The Morgan fingerprint density at radius 1 is 1.35 bits per heavy atom. The molecule has 20 heavy (non-hydrogen) atoms. The molecule has 6 heteroatoms. The second kappa shape index (κ2) is 5.79. The normalized spacial score (nSPS) is 11.4. The molecule has 0 aliphatic rings. The van der Waals surface area contributed by atoms with Crippen molar-refractivity contribution in [2.24, 2.45) is 10.9 Å². The molecule has 0 bridgehead atoms. The van der Waals surface area contributed by atoms with Gasteiger partial charge in [-0.1, -0.05) is 16.8 Å². The summed E-state index contributed by atoms with van der Waals surface area (Å²) in [6, 6.07) is 6.95. The van der Waals surface area contributed by atoms with Crippen LogP contribution < -0.4 is 10.5 Å². The molecule has 0 unspecified atom stereocenters. The molecule has 1 aromatic carbocycles. The van der Waals surface area contributed by atoms with E-state index in [1.54, 1.807) is 30.5 Å². The number of nitrogens with two attached hydrogens (primary N) is 1. The smallest absolute Gasteiger partial charge is 0.230 e. The standard InChI is InChI=1S/C14H14ClN3O2/c1-8-6-10(15)7-9(2)12(8)20-14-11(13(16)18-19)4-3-5-17-14/h3-7,19H,1-2H3,(H2,16,18). The number of oxime groups is 1. The third-order valence-corrected chi connectivity index (χ3v) is 3.00.